The Hall–Kier alpha value is -2.71. The molecular weight excluding hydrogens is 359 g/mol. The van der Waals surface area contributed by atoms with E-state index in [0.29, 0.717) is 0 Å². The van der Waals surface area contributed by atoms with Gasteiger partial charge in [0.05, 0.1) is 28.4 Å². The quantitative estimate of drug-likeness (QED) is 0.587. The maximum atomic E-state index is 5.69. The van der Waals surface area contributed by atoms with Crippen LogP contribution in [-0.4, -0.2) is 28.4 Å². The standard InChI is InChI=1S/C22H23O4P/c1-23-16-10-12-19(25-3)21(14-16)27(18-8-6-5-7-9-18)22-15-17(24-2)11-13-20(22)26-4/h5-15H,1-4H3. The Kier molecular flexibility index (Phi) is 6.20. The number of ether oxygens (including phenoxy) is 4. The monoisotopic (exact) mass is 382 g/mol. The molecule has 3 aromatic rings. The smallest absolute Gasteiger partial charge is 0.127 e. The predicted molar refractivity (Wildman–Crippen MR) is 111 cm³/mol. The van der Waals surface area contributed by atoms with Crippen LogP contribution in [0.15, 0.2) is 66.7 Å². The van der Waals surface area contributed by atoms with Crippen molar-refractivity contribution in [3.63, 3.8) is 0 Å². The Morgan fingerprint density at radius 2 is 1.04 bits per heavy atom. The minimum absolute atomic E-state index is 0.788. The second-order valence-corrected chi connectivity index (χ2v) is 7.90. The fraction of sp³-hybridized carbons (Fsp3) is 0.182. The highest BCUT2D eigenvalue weighted by Crippen LogP contribution is 2.41. The summed E-state index contributed by atoms with van der Waals surface area (Å²) in [6.07, 6.45) is 0. The minimum Gasteiger partial charge on any atom is -0.497 e. The van der Waals surface area contributed by atoms with Crippen LogP contribution in [0.3, 0.4) is 0 Å². The summed E-state index contributed by atoms with van der Waals surface area (Å²) >= 11 is 0. The summed E-state index contributed by atoms with van der Waals surface area (Å²) in [5.41, 5.74) is 0. The molecule has 0 fully saturated rings. The molecule has 0 N–H and O–H groups in total. The highest BCUT2D eigenvalue weighted by molar-refractivity contribution is 7.80. The van der Waals surface area contributed by atoms with Crippen LogP contribution in [0.2, 0.25) is 0 Å². The lowest BCUT2D eigenvalue weighted by Crippen LogP contribution is -2.23. The van der Waals surface area contributed by atoms with Crippen LogP contribution in [0.4, 0.5) is 0 Å². The summed E-state index contributed by atoms with van der Waals surface area (Å²) in [5.74, 6) is 3.21. The number of methoxy groups -OCH3 is 4. The molecule has 0 unspecified atom stereocenters. The zero-order chi connectivity index (χ0) is 19.2. The van der Waals surface area contributed by atoms with Crippen molar-refractivity contribution in [2.75, 3.05) is 28.4 Å². The molecule has 0 heterocycles. The predicted octanol–water partition coefficient (Wildman–Crippen LogP) is 3.48. The molecule has 0 aliphatic rings. The average Bonchev–Trinajstić information content (AvgIpc) is 2.74. The van der Waals surface area contributed by atoms with E-state index >= 15 is 0 Å². The molecule has 0 spiro atoms. The fourth-order valence-corrected chi connectivity index (χ4v) is 5.50. The van der Waals surface area contributed by atoms with Gasteiger partial charge in [-0.25, -0.2) is 0 Å². The van der Waals surface area contributed by atoms with Crippen LogP contribution in [-0.2, 0) is 0 Å². The van der Waals surface area contributed by atoms with E-state index in [1.54, 1.807) is 28.4 Å². The third-order valence-corrected chi connectivity index (χ3v) is 6.75. The van der Waals surface area contributed by atoms with E-state index in [9.17, 15) is 0 Å². The van der Waals surface area contributed by atoms with E-state index in [1.807, 2.05) is 54.6 Å². The second-order valence-electron chi connectivity index (χ2n) is 5.75. The normalized spacial score (nSPS) is 10.6. The maximum Gasteiger partial charge on any atom is 0.127 e. The Morgan fingerprint density at radius 1 is 0.556 bits per heavy atom. The largest absolute Gasteiger partial charge is 0.497 e. The number of rotatable bonds is 7. The van der Waals surface area contributed by atoms with Gasteiger partial charge in [-0.2, -0.15) is 0 Å². The summed E-state index contributed by atoms with van der Waals surface area (Å²) in [6, 6.07) is 22.1. The zero-order valence-corrected chi connectivity index (χ0v) is 16.8. The van der Waals surface area contributed by atoms with Gasteiger partial charge in [-0.15, -0.1) is 0 Å². The number of benzene rings is 3. The molecular formula is C22H23O4P. The molecule has 0 saturated carbocycles. The summed E-state index contributed by atoms with van der Waals surface area (Å²) in [5, 5.41) is 3.31. The number of hydrogen-bond donors (Lipinski definition) is 0. The first-order chi connectivity index (χ1) is 13.2. The summed E-state index contributed by atoms with van der Waals surface area (Å²) in [7, 11) is 5.76. The van der Waals surface area contributed by atoms with Crippen molar-refractivity contribution in [3.05, 3.63) is 66.7 Å². The molecule has 0 aromatic heterocycles. The molecule has 0 saturated heterocycles. The summed E-state index contributed by atoms with van der Waals surface area (Å²) in [6.45, 7) is 0. The van der Waals surface area contributed by atoms with Crippen molar-refractivity contribution >= 4 is 23.8 Å². The van der Waals surface area contributed by atoms with Gasteiger partial charge in [0, 0.05) is 10.6 Å². The molecule has 0 radical (unpaired) electrons. The van der Waals surface area contributed by atoms with E-state index in [1.165, 1.54) is 5.30 Å². The Labute approximate surface area is 161 Å². The average molecular weight is 382 g/mol. The lowest BCUT2D eigenvalue weighted by molar-refractivity contribution is 0.405. The highest BCUT2D eigenvalue weighted by Gasteiger charge is 2.24. The van der Waals surface area contributed by atoms with E-state index < -0.39 is 7.92 Å². The van der Waals surface area contributed by atoms with Gasteiger partial charge in [-0.3, -0.25) is 0 Å². The first kappa shape index (κ1) is 19.1. The van der Waals surface area contributed by atoms with Crippen LogP contribution >= 0.6 is 7.92 Å². The van der Waals surface area contributed by atoms with E-state index in [4.69, 9.17) is 18.9 Å². The van der Waals surface area contributed by atoms with Gasteiger partial charge < -0.3 is 18.9 Å². The van der Waals surface area contributed by atoms with Gasteiger partial charge in [0.15, 0.2) is 0 Å². The Bertz CT molecular complexity index is 841. The maximum absolute atomic E-state index is 5.69. The second kappa shape index (κ2) is 8.79. The molecule has 140 valence electrons. The molecule has 0 aliphatic carbocycles. The Balaban J connectivity index is 2.29. The van der Waals surface area contributed by atoms with E-state index in [2.05, 4.69) is 12.1 Å². The Morgan fingerprint density at radius 3 is 1.44 bits per heavy atom. The molecule has 0 atom stereocenters. The molecule has 0 amide bonds. The van der Waals surface area contributed by atoms with Crippen molar-refractivity contribution < 1.29 is 18.9 Å². The van der Waals surface area contributed by atoms with Gasteiger partial charge in [0.25, 0.3) is 0 Å². The van der Waals surface area contributed by atoms with Crippen LogP contribution < -0.4 is 34.9 Å². The zero-order valence-electron chi connectivity index (χ0n) is 15.9. The molecule has 5 heteroatoms. The highest BCUT2D eigenvalue weighted by atomic mass is 31.1. The number of hydrogen-bond acceptors (Lipinski definition) is 4. The lowest BCUT2D eigenvalue weighted by atomic mass is 10.3. The molecule has 3 rings (SSSR count). The topological polar surface area (TPSA) is 36.9 Å². The molecule has 27 heavy (non-hydrogen) atoms. The van der Waals surface area contributed by atoms with Gasteiger partial charge >= 0.3 is 0 Å². The third kappa shape index (κ3) is 4.01. The van der Waals surface area contributed by atoms with Gasteiger partial charge in [0.2, 0.25) is 0 Å². The van der Waals surface area contributed by atoms with E-state index in [-0.39, 0.29) is 0 Å². The van der Waals surface area contributed by atoms with Crippen LogP contribution in [0.5, 0.6) is 23.0 Å². The van der Waals surface area contributed by atoms with Gasteiger partial charge in [0.1, 0.15) is 23.0 Å². The minimum atomic E-state index is -0.953. The fourth-order valence-electron chi connectivity index (χ4n) is 2.93. The third-order valence-electron chi connectivity index (χ3n) is 4.27. The van der Waals surface area contributed by atoms with Crippen molar-refractivity contribution in [2.45, 2.75) is 0 Å². The molecule has 0 bridgehead atoms. The van der Waals surface area contributed by atoms with Crippen molar-refractivity contribution in [3.8, 4) is 23.0 Å². The van der Waals surface area contributed by atoms with Gasteiger partial charge in [-0.05, 0) is 49.6 Å². The molecule has 0 aliphatic heterocycles. The van der Waals surface area contributed by atoms with Crippen LogP contribution in [0, 0.1) is 0 Å². The first-order valence-corrected chi connectivity index (χ1v) is 9.85. The first-order valence-electron chi connectivity index (χ1n) is 8.51. The summed E-state index contributed by atoms with van der Waals surface area (Å²) in [4.78, 5) is 0. The van der Waals surface area contributed by atoms with Crippen LogP contribution in [0.1, 0.15) is 0 Å². The van der Waals surface area contributed by atoms with Crippen molar-refractivity contribution in [1.29, 1.82) is 0 Å². The molecule has 3 aromatic carbocycles. The SMILES string of the molecule is COc1ccc(OC)c(P(c2ccccc2)c2cc(OC)ccc2OC)c1. The van der Waals surface area contributed by atoms with E-state index in [0.717, 1.165) is 33.6 Å². The van der Waals surface area contributed by atoms with Crippen molar-refractivity contribution in [1.82, 2.24) is 0 Å². The summed E-state index contributed by atoms with van der Waals surface area (Å²) < 4.78 is 22.3. The van der Waals surface area contributed by atoms with Gasteiger partial charge in [-0.1, -0.05) is 30.3 Å². The van der Waals surface area contributed by atoms with Crippen LogP contribution in [0.25, 0.3) is 0 Å². The molecule has 4 nitrogen and oxygen atoms in total. The van der Waals surface area contributed by atoms with Crippen molar-refractivity contribution in [2.24, 2.45) is 0 Å². The lowest BCUT2D eigenvalue weighted by Gasteiger charge is -2.24.